The molecule has 0 aliphatic carbocycles. The summed E-state index contributed by atoms with van der Waals surface area (Å²) in [7, 11) is 0. The Labute approximate surface area is 87.1 Å². The number of hydrogen-bond acceptors (Lipinski definition) is 3. The molecule has 2 aromatic rings. The summed E-state index contributed by atoms with van der Waals surface area (Å²) in [6.07, 6.45) is 0. The smallest absolute Gasteiger partial charge is 0.222 e. The summed E-state index contributed by atoms with van der Waals surface area (Å²) in [5.41, 5.74) is 7.17. The van der Waals surface area contributed by atoms with Crippen molar-refractivity contribution < 1.29 is 4.79 Å². The fourth-order valence-electron chi connectivity index (χ4n) is 1.39. The van der Waals surface area contributed by atoms with Gasteiger partial charge in [0.2, 0.25) is 5.91 Å². The highest BCUT2D eigenvalue weighted by atomic mass is 16.1. The number of pyridine rings is 1. The van der Waals surface area contributed by atoms with Crippen LogP contribution in [-0.2, 0) is 4.79 Å². The fraction of sp³-hybridized carbons (Fsp3) is 0.0909. The average Bonchev–Trinajstić information content (AvgIpc) is 2.17. The minimum absolute atomic E-state index is 0.128. The topological polar surface area (TPSA) is 68.0 Å². The molecule has 15 heavy (non-hydrogen) atoms. The second-order valence-electron chi connectivity index (χ2n) is 3.33. The van der Waals surface area contributed by atoms with Gasteiger partial charge in [0.05, 0.1) is 5.52 Å². The Morgan fingerprint density at radius 3 is 2.87 bits per heavy atom. The van der Waals surface area contributed by atoms with E-state index >= 15 is 0 Å². The fourth-order valence-corrected chi connectivity index (χ4v) is 1.39. The molecule has 0 saturated heterocycles. The highest BCUT2D eigenvalue weighted by Gasteiger charge is 1.99. The van der Waals surface area contributed by atoms with Crippen LogP contribution in [0.2, 0.25) is 0 Å². The van der Waals surface area contributed by atoms with Gasteiger partial charge in [-0.3, -0.25) is 4.79 Å². The summed E-state index contributed by atoms with van der Waals surface area (Å²) in [4.78, 5) is 15.1. The van der Waals surface area contributed by atoms with Gasteiger partial charge in [0.15, 0.2) is 0 Å². The zero-order valence-corrected chi connectivity index (χ0v) is 8.32. The molecule has 0 spiro atoms. The summed E-state index contributed by atoms with van der Waals surface area (Å²) >= 11 is 0. The standard InChI is InChI=1S/C11H11N3O/c1-7(15)13-11-5-2-8-6-9(12)3-4-10(8)14-11/h2-6H,12H2,1H3,(H,13,14,15). The van der Waals surface area contributed by atoms with Gasteiger partial charge in [-0.1, -0.05) is 0 Å². The molecule has 0 bridgehead atoms. The largest absolute Gasteiger partial charge is 0.399 e. The lowest BCUT2D eigenvalue weighted by Gasteiger charge is -2.03. The zero-order chi connectivity index (χ0) is 10.8. The first-order valence-electron chi connectivity index (χ1n) is 4.59. The predicted octanol–water partition coefficient (Wildman–Crippen LogP) is 1.78. The maximum absolute atomic E-state index is 10.8. The number of fused-ring (bicyclic) bond motifs is 1. The lowest BCUT2D eigenvalue weighted by Crippen LogP contribution is -2.07. The number of benzene rings is 1. The van der Waals surface area contributed by atoms with Crippen LogP contribution < -0.4 is 11.1 Å². The van der Waals surface area contributed by atoms with Gasteiger partial charge in [0.1, 0.15) is 5.82 Å². The second kappa shape index (κ2) is 3.57. The molecule has 76 valence electrons. The number of hydrogen-bond donors (Lipinski definition) is 2. The molecule has 3 N–H and O–H groups in total. The Morgan fingerprint density at radius 2 is 2.13 bits per heavy atom. The van der Waals surface area contributed by atoms with Crippen LogP contribution in [0.4, 0.5) is 11.5 Å². The number of nitrogen functional groups attached to an aromatic ring is 1. The lowest BCUT2D eigenvalue weighted by atomic mass is 10.2. The van der Waals surface area contributed by atoms with Gasteiger partial charge in [-0.2, -0.15) is 0 Å². The molecule has 2 rings (SSSR count). The quantitative estimate of drug-likeness (QED) is 0.691. The Bertz CT molecular complexity index is 522. The second-order valence-corrected chi connectivity index (χ2v) is 3.33. The third-order valence-corrected chi connectivity index (χ3v) is 2.02. The van der Waals surface area contributed by atoms with Crippen molar-refractivity contribution in [1.82, 2.24) is 4.98 Å². The summed E-state index contributed by atoms with van der Waals surface area (Å²) in [5, 5.41) is 3.59. The Kier molecular flexibility index (Phi) is 2.25. The van der Waals surface area contributed by atoms with Crippen LogP contribution in [0.5, 0.6) is 0 Å². The van der Waals surface area contributed by atoms with E-state index in [0.29, 0.717) is 11.5 Å². The van der Waals surface area contributed by atoms with E-state index in [1.165, 1.54) is 6.92 Å². The number of anilines is 2. The van der Waals surface area contributed by atoms with Crippen LogP contribution in [0, 0.1) is 0 Å². The van der Waals surface area contributed by atoms with E-state index in [1.807, 2.05) is 18.2 Å². The first-order chi connectivity index (χ1) is 7.15. The number of nitrogens with zero attached hydrogens (tertiary/aromatic N) is 1. The maximum atomic E-state index is 10.8. The first-order valence-corrected chi connectivity index (χ1v) is 4.59. The summed E-state index contributed by atoms with van der Waals surface area (Å²) < 4.78 is 0. The molecule has 1 aromatic carbocycles. The number of nitrogens with one attached hydrogen (secondary N) is 1. The van der Waals surface area contributed by atoms with Crippen LogP contribution in [-0.4, -0.2) is 10.9 Å². The van der Waals surface area contributed by atoms with Crippen molar-refractivity contribution in [2.45, 2.75) is 6.92 Å². The van der Waals surface area contributed by atoms with Crippen molar-refractivity contribution in [3.8, 4) is 0 Å². The summed E-state index contributed by atoms with van der Waals surface area (Å²) in [6, 6.07) is 9.09. The predicted molar refractivity (Wildman–Crippen MR) is 60.5 cm³/mol. The molecule has 0 saturated carbocycles. The summed E-state index contributed by atoms with van der Waals surface area (Å²) in [5.74, 6) is 0.428. The van der Waals surface area contributed by atoms with Crippen molar-refractivity contribution in [2.75, 3.05) is 11.1 Å². The van der Waals surface area contributed by atoms with E-state index in [-0.39, 0.29) is 5.91 Å². The number of amides is 1. The van der Waals surface area contributed by atoms with Crippen LogP contribution >= 0.6 is 0 Å². The highest BCUT2D eigenvalue weighted by molar-refractivity contribution is 5.90. The highest BCUT2D eigenvalue weighted by Crippen LogP contribution is 2.17. The third kappa shape index (κ3) is 2.04. The number of carbonyl (C=O) groups is 1. The molecule has 0 aliphatic heterocycles. The van der Waals surface area contributed by atoms with Crippen molar-refractivity contribution in [2.24, 2.45) is 0 Å². The SMILES string of the molecule is CC(=O)Nc1ccc2cc(N)ccc2n1. The average molecular weight is 201 g/mol. The van der Waals surface area contributed by atoms with E-state index in [4.69, 9.17) is 5.73 Å². The number of nitrogens with two attached hydrogens (primary N) is 1. The first kappa shape index (κ1) is 9.45. The lowest BCUT2D eigenvalue weighted by molar-refractivity contribution is -0.114. The monoisotopic (exact) mass is 201 g/mol. The van der Waals surface area contributed by atoms with Gasteiger partial charge in [-0.05, 0) is 30.3 Å². The third-order valence-electron chi connectivity index (χ3n) is 2.02. The van der Waals surface area contributed by atoms with Crippen molar-refractivity contribution >= 4 is 28.3 Å². The minimum Gasteiger partial charge on any atom is -0.399 e. The van der Waals surface area contributed by atoms with Gasteiger partial charge in [-0.15, -0.1) is 0 Å². The van der Waals surface area contributed by atoms with Crippen molar-refractivity contribution in [1.29, 1.82) is 0 Å². The Morgan fingerprint density at radius 1 is 1.33 bits per heavy atom. The molecule has 1 heterocycles. The molecule has 0 aliphatic rings. The van der Waals surface area contributed by atoms with Crippen LogP contribution in [0.3, 0.4) is 0 Å². The van der Waals surface area contributed by atoms with Crippen molar-refractivity contribution in [3.05, 3.63) is 30.3 Å². The van der Waals surface area contributed by atoms with Gasteiger partial charge in [0.25, 0.3) is 0 Å². The van der Waals surface area contributed by atoms with Crippen LogP contribution in [0.1, 0.15) is 6.92 Å². The molecular weight excluding hydrogens is 190 g/mol. The van der Waals surface area contributed by atoms with E-state index < -0.39 is 0 Å². The number of aromatic nitrogens is 1. The molecule has 4 nitrogen and oxygen atoms in total. The van der Waals surface area contributed by atoms with Crippen LogP contribution in [0.15, 0.2) is 30.3 Å². The number of rotatable bonds is 1. The van der Waals surface area contributed by atoms with Crippen molar-refractivity contribution in [3.63, 3.8) is 0 Å². The van der Waals surface area contributed by atoms with E-state index in [2.05, 4.69) is 10.3 Å². The molecule has 0 radical (unpaired) electrons. The van der Waals surface area contributed by atoms with Gasteiger partial charge < -0.3 is 11.1 Å². The molecule has 0 atom stereocenters. The Balaban J connectivity index is 2.47. The molecule has 4 heteroatoms. The van der Waals surface area contributed by atoms with Gasteiger partial charge in [-0.25, -0.2) is 4.98 Å². The molecule has 1 aromatic heterocycles. The molecular formula is C11H11N3O. The maximum Gasteiger partial charge on any atom is 0.222 e. The van der Waals surface area contributed by atoms with E-state index in [0.717, 1.165) is 10.9 Å². The van der Waals surface area contributed by atoms with Gasteiger partial charge in [0, 0.05) is 18.0 Å². The molecule has 0 fully saturated rings. The van der Waals surface area contributed by atoms with E-state index in [9.17, 15) is 4.79 Å². The zero-order valence-electron chi connectivity index (χ0n) is 8.32. The molecule has 0 unspecified atom stereocenters. The normalized spacial score (nSPS) is 10.2. The Hall–Kier alpha value is -2.10. The summed E-state index contributed by atoms with van der Waals surface area (Å²) in [6.45, 7) is 1.45. The number of carbonyl (C=O) groups excluding carboxylic acids is 1. The minimum atomic E-state index is -0.128. The van der Waals surface area contributed by atoms with Crippen LogP contribution in [0.25, 0.3) is 10.9 Å². The van der Waals surface area contributed by atoms with E-state index in [1.54, 1.807) is 12.1 Å². The molecule has 1 amide bonds. The van der Waals surface area contributed by atoms with Gasteiger partial charge >= 0.3 is 0 Å².